The van der Waals surface area contributed by atoms with Gasteiger partial charge in [0.15, 0.2) is 23.3 Å². The maximum atomic E-state index is 13.5. The summed E-state index contributed by atoms with van der Waals surface area (Å²) in [7, 11) is 0. The highest BCUT2D eigenvalue weighted by Crippen LogP contribution is 2.27. The third-order valence-electron chi connectivity index (χ3n) is 3.30. The van der Waals surface area contributed by atoms with Crippen LogP contribution in [0.25, 0.3) is 0 Å². The molecule has 2 aromatic rings. The highest BCUT2D eigenvalue weighted by molar-refractivity contribution is 6.42. The molecule has 0 aromatic heterocycles. The molecule has 1 amide bonds. The van der Waals surface area contributed by atoms with Gasteiger partial charge in [-0.3, -0.25) is 4.79 Å². The molecule has 0 saturated carbocycles. The lowest BCUT2D eigenvalue weighted by atomic mass is 10.2. The van der Waals surface area contributed by atoms with Crippen LogP contribution in [-0.2, 0) is 16.1 Å². The number of hydrogen-bond donors (Lipinski definition) is 1. The van der Waals surface area contributed by atoms with Gasteiger partial charge in [0.2, 0.25) is 5.82 Å². The van der Waals surface area contributed by atoms with Crippen LogP contribution in [0.5, 0.6) is 0 Å². The van der Waals surface area contributed by atoms with Crippen molar-refractivity contribution in [3.8, 4) is 0 Å². The lowest BCUT2D eigenvalue weighted by molar-refractivity contribution is -0.110. The average molecular weight is 372 g/mol. The van der Waals surface area contributed by atoms with Gasteiger partial charge in [-0.1, -0.05) is 35.5 Å². The third kappa shape index (κ3) is 4.35. The molecule has 0 unspecified atom stereocenters. The summed E-state index contributed by atoms with van der Waals surface area (Å²) in [5, 5.41) is 5.05. The topological polar surface area (TPSA) is 50.7 Å². The van der Waals surface area contributed by atoms with E-state index < -0.39 is 40.7 Å². The number of amides is 1. The van der Waals surface area contributed by atoms with Crippen LogP contribution in [0.1, 0.15) is 12.5 Å². The Morgan fingerprint density at radius 2 is 1.50 bits per heavy atom. The number of hydrogen-bond acceptors (Lipinski definition) is 3. The van der Waals surface area contributed by atoms with E-state index in [0.717, 1.165) is 12.5 Å². The fourth-order valence-corrected chi connectivity index (χ4v) is 1.91. The number of anilines is 1. The molecule has 0 aliphatic rings. The highest BCUT2D eigenvalue weighted by atomic mass is 19.2. The summed E-state index contributed by atoms with van der Waals surface area (Å²) in [4.78, 5) is 16.7. The molecular formula is C17H13F5N2O2. The van der Waals surface area contributed by atoms with Crippen molar-refractivity contribution in [2.75, 3.05) is 11.9 Å². The van der Waals surface area contributed by atoms with Crippen molar-refractivity contribution < 1.29 is 31.6 Å². The lowest BCUT2D eigenvalue weighted by Gasteiger charge is -2.09. The molecule has 0 saturated heterocycles. The number of nitrogens with zero attached hydrogens (tertiary/aromatic N) is 1. The Kier molecular flexibility index (Phi) is 6.26. The molecule has 4 nitrogen and oxygen atoms in total. The van der Waals surface area contributed by atoms with Gasteiger partial charge in [0.05, 0.1) is 0 Å². The zero-order chi connectivity index (χ0) is 19.3. The Morgan fingerprint density at radius 3 is 2.08 bits per heavy atom. The van der Waals surface area contributed by atoms with Gasteiger partial charge in [-0.25, -0.2) is 22.0 Å². The SMILES string of the molecule is C/C(=N/OCCc1ccccc1)C(=O)Nc1c(F)c(F)c(F)c(F)c1F. The lowest BCUT2D eigenvalue weighted by Crippen LogP contribution is -2.23. The maximum absolute atomic E-state index is 13.5. The summed E-state index contributed by atoms with van der Waals surface area (Å²) in [6.07, 6.45) is 0.497. The first-order valence-corrected chi connectivity index (χ1v) is 7.36. The van der Waals surface area contributed by atoms with Gasteiger partial charge in [-0.2, -0.15) is 0 Å². The second-order valence-corrected chi connectivity index (χ2v) is 5.14. The van der Waals surface area contributed by atoms with Crippen molar-refractivity contribution in [2.45, 2.75) is 13.3 Å². The van der Waals surface area contributed by atoms with E-state index in [2.05, 4.69) is 5.16 Å². The van der Waals surface area contributed by atoms with Crippen LogP contribution in [0.3, 0.4) is 0 Å². The highest BCUT2D eigenvalue weighted by Gasteiger charge is 2.27. The molecule has 0 heterocycles. The zero-order valence-corrected chi connectivity index (χ0v) is 13.5. The Bertz CT molecular complexity index is 812. The number of benzene rings is 2. The molecule has 0 fully saturated rings. The monoisotopic (exact) mass is 372 g/mol. The van der Waals surface area contributed by atoms with Crippen molar-refractivity contribution in [2.24, 2.45) is 5.16 Å². The van der Waals surface area contributed by atoms with Crippen LogP contribution in [0.15, 0.2) is 35.5 Å². The Morgan fingerprint density at radius 1 is 0.962 bits per heavy atom. The molecule has 0 aliphatic carbocycles. The summed E-state index contributed by atoms with van der Waals surface area (Å²) in [5.74, 6) is -12.1. The number of carbonyl (C=O) groups is 1. The fourth-order valence-electron chi connectivity index (χ4n) is 1.91. The summed E-state index contributed by atoms with van der Waals surface area (Å²) in [6.45, 7) is 1.28. The quantitative estimate of drug-likeness (QED) is 0.208. The molecule has 0 aliphatic heterocycles. The normalized spacial score (nSPS) is 11.4. The molecule has 9 heteroatoms. The van der Waals surface area contributed by atoms with Crippen LogP contribution in [0.4, 0.5) is 27.6 Å². The first-order chi connectivity index (χ1) is 12.3. The van der Waals surface area contributed by atoms with Crippen molar-refractivity contribution >= 4 is 17.3 Å². The zero-order valence-electron chi connectivity index (χ0n) is 13.5. The van der Waals surface area contributed by atoms with Gasteiger partial charge in [-0.05, 0) is 12.5 Å². The maximum Gasteiger partial charge on any atom is 0.273 e. The minimum atomic E-state index is -2.31. The van der Waals surface area contributed by atoms with Crippen LogP contribution in [0, 0.1) is 29.1 Å². The Hall–Kier alpha value is -2.97. The van der Waals surface area contributed by atoms with E-state index in [1.54, 1.807) is 5.32 Å². The predicted octanol–water partition coefficient (Wildman–Crippen LogP) is 3.96. The molecular weight excluding hydrogens is 359 g/mol. The summed E-state index contributed by atoms with van der Waals surface area (Å²) >= 11 is 0. The van der Waals surface area contributed by atoms with Gasteiger partial charge < -0.3 is 10.2 Å². The van der Waals surface area contributed by atoms with Crippen molar-refractivity contribution in [3.63, 3.8) is 0 Å². The summed E-state index contributed by atoms with van der Waals surface area (Å²) in [5.41, 5.74) is -0.849. The van der Waals surface area contributed by atoms with Gasteiger partial charge in [0.1, 0.15) is 18.0 Å². The molecule has 2 aromatic carbocycles. The molecule has 2 rings (SSSR count). The van der Waals surface area contributed by atoms with E-state index in [1.807, 2.05) is 30.3 Å². The standard InChI is InChI=1S/C17H13F5N2O2/c1-9(24-26-8-7-10-5-3-2-4-6-10)17(25)23-16-14(21)12(19)11(18)13(20)15(16)22/h2-6H,7-8H2,1H3,(H,23,25)/b24-9-. The predicted molar refractivity (Wildman–Crippen MR) is 84.1 cm³/mol. The molecule has 138 valence electrons. The van der Waals surface area contributed by atoms with Crippen LogP contribution >= 0.6 is 0 Å². The van der Waals surface area contributed by atoms with Gasteiger partial charge in [0.25, 0.3) is 5.91 Å². The smallest absolute Gasteiger partial charge is 0.273 e. The van der Waals surface area contributed by atoms with Crippen molar-refractivity contribution in [3.05, 3.63) is 65.0 Å². The van der Waals surface area contributed by atoms with E-state index in [9.17, 15) is 26.7 Å². The minimum absolute atomic E-state index is 0.122. The Labute approximate surface area is 145 Å². The first-order valence-electron chi connectivity index (χ1n) is 7.36. The molecule has 0 radical (unpaired) electrons. The van der Waals surface area contributed by atoms with E-state index in [4.69, 9.17) is 4.84 Å². The van der Waals surface area contributed by atoms with E-state index in [-0.39, 0.29) is 12.3 Å². The molecule has 0 spiro atoms. The van der Waals surface area contributed by atoms with E-state index in [0.29, 0.717) is 6.42 Å². The van der Waals surface area contributed by atoms with Crippen molar-refractivity contribution in [1.29, 1.82) is 0 Å². The van der Waals surface area contributed by atoms with Gasteiger partial charge >= 0.3 is 0 Å². The average Bonchev–Trinajstić information content (AvgIpc) is 2.66. The van der Waals surface area contributed by atoms with E-state index >= 15 is 0 Å². The molecule has 26 heavy (non-hydrogen) atoms. The van der Waals surface area contributed by atoms with Crippen LogP contribution in [0.2, 0.25) is 0 Å². The van der Waals surface area contributed by atoms with Gasteiger partial charge in [-0.15, -0.1) is 0 Å². The summed E-state index contributed by atoms with van der Waals surface area (Å²) in [6, 6.07) is 9.23. The number of nitrogens with one attached hydrogen (secondary N) is 1. The summed E-state index contributed by atoms with van der Waals surface area (Å²) < 4.78 is 66.2. The van der Waals surface area contributed by atoms with Crippen LogP contribution < -0.4 is 5.32 Å². The largest absolute Gasteiger partial charge is 0.395 e. The molecule has 0 bridgehead atoms. The number of rotatable bonds is 6. The number of carbonyl (C=O) groups excluding carboxylic acids is 1. The third-order valence-corrected chi connectivity index (χ3v) is 3.30. The second-order valence-electron chi connectivity index (χ2n) is 5.14. The van der Waals surface area contributed by atoms with Crippen LogP contribution in [-0.4, -0.2) is 18.2 Å². The first kappa shape index (κ1) is 19.4. The second kappa shape index (κ2) is 8.41. The fraction of sp³-hybridized carbons (Fsp3) is 0.176. The van der Waals surface area contributed by atoms with Crippen molar-refractivity contribution in [1.82, 2.24) is 0 Å². The Balaban J connectivity index is 2.01. The van der Waals surface area contributed by atoms with Gasteiger partial charge in [0, 0.05) is 6.42 Å². The molecule has 0 atom stereocenters. The van der Waals surface area contributed by atoms with E-state index in [1.165, 1.54) is 0 Å². The molecule has 1 N–H and O–H groups in total. The number of halogens is 5. The minimum Gasteiger partial charge on any atom is -0.395 e. The number of oxime groups is 1.